The molecule has 0 fully saturated rings. The minimum absolute atomic E-state index is 0.0323. The second kappa shape index (κ2) is 5.56. The first kappa shape index (κ1) is 14.6. The molecule has 0 atom stereocenters. The molecule has 122 valence electrons. The van der Waals surface area contributed by atoms with Crippen LogP contribution in [0.5, 0.6) is 5.75 Å². The van der Waals surface area contributed by atoms with Crippen molar-refractivity contribution < 1.29 is 9.90 Å². The van der Waals surface area contributed by atoms with Crippen LogP contribution in [0.1, 0.15) is 28.4 Å². The Bertz CT molecular complexity index is 907. The average Bonchev–Trinajstić information content (AvgIpc) is 3.18. The van der Waals surface area contributed by atoms with Gasteiger partial charge in [-0.2, -0.15) is 5.10 Å². The quantitative estimate of drug-likeness (QED) is 0.692. The van der Waals surface area contributed by atoms with Gasteiger partial charge in [-0.25, -0.2) is 0 Å². The number of anilines is 1. The van der Waals surface area contributed by atoms with Gasteiger partial charge in [0.2, 0.25) is 0 Å². The molecule has 0 unspecified atom stereocenters. The number of carbonyl (C=O) groups is 1. The molecule has 3 N–H and O–H groups in total. The summed E-state index contributed by atoms with van der Waals surface area (Å²) >= 11 is 0. The summed E-state index contributed by atoms with van der Waals surface area (Å²) in [5.41, 5.74) is 3.31. The van der Waals surface area contributed by atoms with Crippen molar-refractivity contribution >= 4 is 22.6 Å². The predicted molar refractivity (Wildman–Crippen MR) is 91.9 cm³/mol. The number of aromatic hydroxyl groups is 1. The second-order valence-corrected chi connectivity index (χ2v) is 5.95. The maximum Gasteiger partial charge on any atom is 0.258 e. The maximum absolute atomic E-state index is 12.9. The van der Waals surface area contributed by atoms with Crippen molar-refractivity contribution in [3.63, 3.8) is 0 Å². The van der Waals surface area contributed by atoms with E-state index in [1.807, 2.05) is 31.2 Å². The first-order valence-corrected chi connectivity index (χ1v) is 7.98. The van der Waals surface area contributed by atoms with Gasteiger partial charge in [-0.15, -0.1) is 0 Å². The Morgan fingerprint density at radius 2 is 2.00 bits per heavy atom. The molecule has 24 heavy (non-hydrogen) atoms. The number of H-pyrrole nitrogens is 1. The lowest BCUT2D eigenvalue weighted by atomic mass is 10.1. The monoisotopic (exact) mass is 322 g/mol. The Morgan fingerprint density at radius 1 is 1.29 bits per heavy atom. The van der Waals surface area contributed by atoms with Crippen molar-refractivity contribution in [2.45, 2.75) is 20.0 Å². The van der Waals surface area contributed by atoms with Crippen LogP contribution in [-0.4, -0.2) is 32.7 Å². The second-order valence-electron chi connectivity index (χ2n) is 5.95. The van der Waals surface area contributed by atoms with Crippen molar-refractivity contribution in [1.29, 1.82) is 0 Å². The zero-order chi connectivity index (χ0) is 16.7. The Hall–Kier alpha value is -3.02. The number of rotatable bonds is 3. The molecular weight excluding hydrogens is 304 g/mol. The summed E-state index contributed by atoms with van der Waals surface area (Å²) in [4.78, 5) is 14.6. The van der Waals surface area contributed by atoms with E-state index in [0.29, 0.717) is 30.0 Å². The molecule has 4 rings (SSSR count). The van der Waals surface area contributed by atoms with Crippen LogP contribution in [0.25, 0.3) is 10.9 Å². The van der Waals surface area contributed by atoms with Crippen molar-refractivity contribution in [3.8, 4) is 5.75 Å². The van der Waals surface area contributed by atoms with E-state index in [9.17, 15) is 9.90 Å². The summed E-state index contributed by atoms with van der Waals surface area (Å²) in [7, 11) is 0. The number of hydrogen-bond donors (Lipinski definition) is 3. The summed E-state index contributed by atoms with van der Waals surface area (Å²) in [6, 6.07) is 11.3. The molecule has 1 aliphatic heterocycles. The van der Waals surface area contributed by atoms with Crippen LogP contribution < -0.4 is 5.32 Å². The number of carbonyl (C=O) groups excluding carboxylic acids is 1. The summed E-state index contributed by atoms with van der Waals surface area (Å²) in [5.74, 6) is 0.482. The highest BCUT2D eigenvalue weighted by Gasteiger charge is 2.26. The van der Waals surface area contributed by atoms with Gasteiger partial charge in [0.15, 0.2) is 5.82 Å². The lowest BCUT2D eigenvalue weighted by molar-refractivity contribution is 0.0748. The molecule has 0 aliphatic carbocycles. The topological polar surface area (TPSA) is 81.2 Å². The van der Waals surface area contributed by atoms with Crippen LogP contribution >= 0.6 is 0 Å². The van der Waals surface area contributed by atoms with E-state index in [1.54, 1.807) is 17.0 Å². The van der Waals surface area contributed by atoms with Gasteiger partial charge >= 0.3 is 0 Å². The molecule has 0 bridgehead atoms. The summed E-state index contributed by atoms with van der Waals surface area (Å²) < 4.78 is 0. The number of benzene rings is 2. The van der Waals surface area contributed by atoms with E-state index in [-0.39, 0.29) is 11.7 Å². The molecule has 2 heterocycles. The molecule has 6 heteroatoms. The van der Waals surface area contributed by atoms with Crippen LogP contribution in [0.15, 0.2) is 36.4 Å². The number of nitrogens with one attached hydrogen (secondary N) is 2. The van der Waals surface area contributed by atoms with Gasteiger partial charge in [-0.3, -0.25) is 9.89 Å². The molecule has 2 aromatic carbocycles. The van der Waals surface area contributed by atoms with Gasteiger partial charge in [-0.1, -0.05) is 24.3 Å². The Balaban J connectivity index is 1.70. The largest absolute Gasteiger partial charge is 0.507 e. The van der Waals surface area contributed by atoms with E-state index in [1.165, 1.54) is 0 Å². The molecule has 3 aromatic rings. The lowest BCUT2D eigenvalue weighted by Gasteiger charge is -2.16. The van der Waals surface area contributed by atoms with E-state index < -0.39 is 0 Å². The third-order valence-corrected chi connectivity index (χ3v) is 4.38. The molecule has 0 spiro atoms. The highest BCUT2D eigenvalue weighted by molar-refractivity contribution is 6.03. The van der Waals surface area contributed by atoms with Gasteiger partial charge in [-0.05, 0) is 24.1 Å². The molecule has 0 radical (unpaired) electrons. The summed E-state index contributed by atoms with van der Waals surface area (Å²) in [6.45, 7) is 3.84. The fourth-order valence-corrected chi connectivity index (χ4v) is 3.17. The van der Waals surface area contributed by atoms with Crippen LogP contribution in [0.3, 0.4) is 0 Å². The van der Waals surface area contributed by atoms with Crippen molar-refractivity contribution in [1.82, 2.24) is 15.1 Å². The lowest BCUT2D eigenvalue weighted by Crippen LogP contribution is -2.25. The van der Waals surface area contributed by atoms with E-state index in [2.05, 4.69) is 15.5 Å². The number of aromatic nitrogens is 2. The number of amides is 1. The highest BCUT2D eigenvalue weighted by Crippen LogP contribution is 2.31. The van der Waals surface area contributed by atoms with Crippen LogP contribution in [0, 0.1) is 0 Å². The van der Waals surface area contributed by atoms with E-state index in [4.69, 9.17) is 0 Å². The fourth-order valence-electron chi connectivity index (χ4n) is 3.17. The fraction of sp³-hybridized carbons (Fsp3) is 0.222. The number of hydrogen-bond acceptors (Lipinski definition) is 4. The van der Waals surface area contributed by atoms with Crippen molar-refractivity contribution in [2.24, 2.45) is 0 Å². The number of aromatic amines is 1. The standard InChI is InChI=1S/C18H18N4O2/c1-2-19-17-13-7-14(16(23)8-15(13)20-21-17)18(24)22-9-11-5-3-4-6-12(11)10-22/h3-8,23H,2,9-10H2,1H3,(H2,19,20,21). The smallest absolute Gasteiger partial charge is 0.258 e. The average molecular weight is 322 g/mol. The first-order chi connectivity index (χ1) is 11.7. The third-order valence-electron chi connectivity index (χ3n) is 4.38. The normalized spacial score (nSPS) is 13.3. The highest BCUT2D eigenvalue weighted by atomic mass is 16.3. The molecule has 0 saturated heterocycles. The molecule has 1 aliphatic rings. The Morgan fingerprint density at radius 3 is 2.67 bits per heavy atom. The van der Waals surface area contributed by atoms with Crippen LogP contribution in [-0.2, 0) is 13.1 Å². The molecular formula is C18H18N4O2. The van der Waals surface area contributed by atoms with Crippen molar-refractivity contribution in [3.05, 3.63) is 53.1 Å². The molecule has 6 nitrogen and oxygen atoms in total. The number of nitrogens with zero attached hydrogens (tertiary/aromatic N) is 2. The minimum Gasteiger partial charge on any atom is -0.507 e. The summed E-state index contributed by atoms with van der Waals surface area (Å²) in [6.07, 6.45) is 0. The Labute approximate surface area is 139 Å². The summed E-state index contributed by atoms with van der Waals surface area (Å²) in [5, 5.41) is 21.3. The van der Waals surface area contributed by atoms with E-state index in [0.717, 1.165) is 23.1 Å². The third kappa shape index (κ3) is 2.27. The zero-order valence-electron chi connectivity index (χ0n) is 13.3. The van der Waals surface area contributed by atoms with Crippen molar-refractivity contribution in [2.75, 3.05) is 11.9 Å². The Kier molecular flexibility index (Phi) is 3.37. The SMILES string of the molecule is CCNc1n[nH]c2cc(O)c(C(=O)N3Cc4ccccc4C3)cc12. The molecule has 1 amide bonds. The molecule has 1 aromatic heterocycles. The number of phenols is 1. The predicted octanol–water partition coefficient (Wildman–Crippen LogP) is 2.86. The van der Waals surface area contributed by atoms with Gasteiger partial charge in [0.05, 0.1) is 11.1 Å². The number of phenolic OH excluding ortho intramolecular Hbond substituents is 1. The van der Waals surface area contributed by atoms with Gasteiger partial charge in [0, 0.05) is 31.1 Å². The van der Waals surface area contributed by atoms with Crippen LogP contribution in [0.2, 0.25) is 0 Å². The minimum atomic E-state index is -0.172. The zero-order valence-corrected chi connectivity index (χ0v) is 13.3. The van der Waals surface area contributed by atoms with Gasteiger partial charge in [0.25, 0.3) is 5.91 Å². The van der Waals surface area contributed by atoms with E-state index >= 15 is 0 Å². The number of fused-ring (bicyclic) bond motifs is 2. The first-order valence-electron chi connectivity index (χ1n) is 7.98. The van der Waals surface area contributed by atoms with Gasteiger partial charge in [0.1, 0.15) is 5.75 Å². The van der Waals surface area contributed by atoms with Gasteiger partial charge < -0.3 is 15.3 Å². The maximum atomic E-state index is 12.9. The van der Waals surface area contributed by atoms with Crippen LogP contribution in [0.4, 0.5) is 5.82 Å². The molecule has 0 saturated carbocycles.